The Hall–Kier alpha value is -0.870. The van der Waals surface area contributed by atoms with Crippen molar-refractivity contribution in [3.05, 3.63) is 18.2 Å². The van der Waals surface area contributed by atoms with Crippen LogP contribution in [0.5, 0.6) is 0 Å². The highest BCUT2D eigenvalue weighted by atomic mass is 16.5. The molecule has 0 aromatic carbocycles. The first-order chi connectivity index (χ1) is 6.74. The maximum atomic E-state index is 5.15. The van der Waals surface area contributed by atoms with E-state index in [0.717, 1.165) is 18.8 Å². The molecule has 4 heteroatoms. The maximum absolute atomic E-state index is 5.15. The number of rotatable bonds is 6. The smallest absolute Gasteiger partial charge is 0.0922 e. The average molecular weight is 197 g/mol. The molecule has 1 atom stereocenters. The minimum Gasteiger partial charge on any atom is -0.383 e. The normalized spacial score (nSPS) is 13.4. The molecule has 0 spiro atoms. The molecule has 4 nitrogen and oxygen atoms in total. The predicted octanol–water partition coefficient (Wildman–Crippen LogP) is 1.17. The number of imidazole rings is 1. The predicted molar refractivity (Wildman–Crippen MR) is 55.9 cm³/mol. The number of hydrogen-bond donors (Lipinski definition) is 2. The molecule has 0 aliphatic rings. The van der Waals surface area contributed by atoms with Crippen LogP contribution in [0.2, 0.25) is 0 Å². The molecule has 0 aliphatic heterocycles. The van der Waals surface area contributed by atoms with Gasteiger partial charge in [0, 0.05) is 31.6 Å². The third-order valence-electron chi connectivity index (χ3n) is 2.26. The summed E-state index contributed by atoms with van der Waals surface area (Å²) in [7, 11) is 1.73. The minimum atomic E-state index is 0.392. The SMILES string of the molecule is COCC(NCc1cnc[nH]1)C(C)C. The van der Waals surface area contributed by atoms with Crippen LogP contribution in [0.15, 0.2) is 12.5 Å². The van der Waals surface area contributed by atoms with Crippen molar-refractivity contribution in [3.63, 3.8) is 0 Å². The van der Waals surface area contributed by atoms with Gasteiger partial charge in [-0.25, -0.2) is 4.98 Å². The second kappa shape index (κ2) is 5.78. The van der Waals surface area contributed by atoms with E-state index in [4.69, 9.17) is 4.74 Å². The van der Waals surface area contributed by atoms with Crippen LogP contribution < -0.4 is 5.32 Å². The monoisotopic (exact) mass is 197 g/mol. The second-order valence-electron chi connectivity index (χ2n) is 3.76. The molecule has 0 radical (unpaired) electrons. The Morgan fingerprint density at radius 3 is 2.86 bits per heavy atom. The summed E-state index contributed by atoms with van der Waals surface area (Å²) in [4.78, 5) is 7.02. The average Bonchev–Trinajstić information content (AvgIpc) is 2.64. The van der Waals surface area contributed by atoms with Crippen LogP contribution in [0.1, 0.15) is 19.5 Å². The topological polar surface area (TPSA) is 49.9 Å². The zero-order valence-electron chi connectivity index (χ0n) is 9.08. The van der Waals surface area contributed by atoms with Gasteiger partial charge in [0.1, 0.15) is 0 Å². The lowest BCUT2D eigenvalue weighted by Gasteiger charge is -2.21. The van der Waals surface area contributed by atoms with Gasteiger partial charge in [0.05, 0.1) is 12.9 Å². The number of aromatic amines is 1. The van der Waals surface area contributed by atoms with Gasteiger partial charge in [0.15, 0.2) is 0 Å². The molecule has 1 aromatic heterocycles. The van der Waals surface area contributed by atoms with Crippen LogP contribution in [0.4, 0.5) is 0 Å². The van der Waals surface area contributed by atoms with E-state index in [1.807, 2.05) is 6.20 Å². The first kappa shape index (κ1) is 11.2. The molecule has 0 fully saturated rings. The van der Waals surface area contributed by atoms with Gasteiger partial charge in [-0.1, -0.05) is 13.8 Å². The van der Waals surface area contributed by atoms with Crippen molar-refractivity contribution in [3.8, 4) is 0 Å². The van der Waals surface area contributed by atoms with Crippen LogP contribution in [0, 0.1) is 5.92 Å². The minimum absolute atomic E-state index is 0.392. The van der Waals surface area contributed by atoms with E-state index in [1.165, 1.54) is 0 Å². The largest absolute Gasteiger partial charge is 0.383 e. The van der Waals surface area contributed by atoms with E-state index < -0.39 is 0 Å². The van der Waals surface area contributed by atoms with Crippen molar-refractivity contribution in [1.82, 2.24) is 15.3 Å². The molecule has 0 saturated carbocycles. The number of methoxy groups -OCH3 is 1. The summed E-state index contributed by atoms with van der Waals surface area (Å²) in [6.45, 7) is 5.92. The molecule has 14 heavy (non-hydrogen) atoms. The fourth-order valence-corrected chi connectivity index (χ4v) is 1.29. The van der Waals surface area contributed by atoms with Crippen molar-refractivity contribution in [2.45, 2.75) is 26.4 Å². The highest BCUT2D eigenvalue weighted by Crippen LogP contribution is 2.03. The zero-order valence-corrected chi connectivity index (χ0v) is 9.08. The van der Waals surface area contributed by atoms with Crippen LogP contribution in [0.3, 0.4) is 0 Å². The Bertz CT molecular complexity index is 234. The van der Waals surface area contributed by atoms with E-state index in [-0.39, 0.29) is 0 Å². The summed E-state index contributed by atoms with van der Waals surface area (Å²) >= 11 is 0. The maximum Gasteiger partial charge on any atom is 0.0922 e. The van der Waals surface area contributed by atoms with Gasteiger partial charge in [-0.15, -0.1) is 0 Å². The Balaban J connectivity index is 2.33. The standard InChI is InChI=1S/C10H19N3O/c1-8(2)10(6-14-3)12-5-9-4-11-7-13-9/h4,7-8,10,12H,5-6H2,1-3H3,(H,11,13). The third kappa shape index (κ3) is 3.47. The van der Waals surface area contributed by atoms with Gasteiger partial charge < -0.3 is 15.0 Å². The lowest BCUT2D eigenvalue weighted by molar-refractivity contribution is 0.146. The molecule has 2 N–H and O–H groups in total. The van der Waals surface area contributed by atoms with Crippen LogP contribution in [0.25, 0.3) is 0 Å². The van der Waals surface area contributed by atoms with Crippen LogP contribution >= 0.6 is 0 Å². The van der Waals surface area contributed by atoms with Gasteiger partial charge in [-0.05, 0) is 5.92 Å². The molecule has 1 rings (SSSR count). The van der Waals surface area contributed by atoms with E-state index in [0.29, 0.717) is 12.0 Å². The zero-order chi connectivity index (χ0) is 10.4. The lowest BCUT2D eigenvalue weighted by Crippen LogP contribution is -2.37. The first-order valence-corrected chi connectivity index (χ1v) is 4.93. The molecule has 80 valence electrons. The fraction of sp³-hybridized carbons (Fsp3) is 0.700. The van der Waals surface area contributed by atoms with E-state index >= 15 is 0 Å². The van der Waals surface area contributed by atoms with Gasteiger partial charge in [0.25, 0.3) is 0 Å². The quantitative estimate of drug-likeness (QED) is 0.719. The third-order valence-corrected chi connectivity index (χ3v) is 2.26. The molecule has 1 aromatic rings. The van der Waals surface area contributed by atoms with Crippen molar-refractivity contribution >= 4 is 0 Å². The Kier molecular flexibility index (Phi) is 4.62. The van der Waals surface area contributed by atoms with Crippen molar-refractivity contribution < 1.29 is 4.74 Å². The number of ether oxygens (including phenoxy) is 1. The molecular formula is C10H19N3O. The molecule has 0 amide bonds. The Morgan fingerprint density at radius 2 is 2.36 bits per heavy atom. The highest BCUT2D eigenvalue weighted by Gasteiger charge is 2.12. The molecule has 0 aliphatic carbocycles. The van der Waals surface area contributed by atoms with E-state index in [9.17, 15) is 0 Å². The molecule has 1 heterocycles. The summed E-state index contributed by atoms with van der Waals surface area (Å²) in [5, 5.41) is 3.43. The van der Waals surface area contributed by atoms with Crippen LogP contribution in [-0.4, -0.2) is 29.7 Å². The van der Waals surface area contributed by atoms with Crippen molar-refractivity contribution in [2.24, 2.45) is 5.92 Å². The van der Waals surface area contributed by atoms with Crippen LogP contribution in [-0.2, 0) is 11.3 Å². The first-order valence-electron chi connectivity index (χ1n) is 4.93. The Labute approximate surface area is 85.1 Å². The number of nitrogens with one attached hydrogen (secondary N) is 2. The summed E-state index contributed by atoms with van der Waals surface area (Å²) in [5.41, 5.74) is 1.10. The van der Waals surface area contributed by atoms with E-state index in [2.05, 4.69) is 29.1 Å². The molecule has 0 bridgehead atoms. The number of hydrogen-bond acceptors (Lipinski definition) is 3. The van der Waals surface area contributed by atoms with Gasteiger partial charge in [-0.3, -0.25) is 0 Å². The highest BCUT2D eigenvalue weighted by molar-refractivity contribution is 4.93. The van der Waals surface area contributed by atoms with E-state index in [1.54, 1.807) is 13.4 Å². The fourth-order valence-electron chi connectivity index (χ4n) is 1.29. The summed E-state index contributed by atoms with van der Waals surface area (Å²) in [5.74, 6) is 0.567. The van der Waals surface area contributed by atoms with Gasteiger partial charge in [0.2, 0.25) is 0 Å². The second-order valence-corrected chi connectivity index (χ2v) is 3.76. The van der Waals surface area contributed by atoms with Gasteiger partial charge >= 0.3 is 0 Å². The Morgan fingerprint density at radius 1 is 1.57 bits per heavy atom. The van der Waals surface area contributed by atoms with Crippen molar-refractivity contribution in [1.29, 1.82) is 0 Å². The molecule has 1 unspecified atom stereocenters. The summed E-state index contributed by atoms with van der Waals surface area (Å²) in [6, 6.07) is 0.392. The van der Waals surface area contributed by atoms with Crippen molar-refractivity contribution in [2.75, 3.05) is 13.7 Å². The van der Waals surface area contributed by atoms with Gasteiger partial charge in [-0.2, -0.15) is 0 Å². The number of H-pyrrole nitrogens is 1. The summed E-state index contributed by atoms with van der Waals surface area (Å²) < 4.78 is 5.15. The molecular weight excluding hydrogens is 178 g/mol. The number of nitrogens with zero attached hydrogens (tertiary/aromatic N) is 1. The number of aromatic nitrogens is 2. The summed E-state index contributed by atoms with van der Waals surface area (Å²) in [6.07, 6.45) is 3.52. The molecule has 0 saturated heterocycles. The lowest BCUT2D eigenvalue weighted by atomic mass is 10.1.